The van der Waals surface area contributed by atoms with E-state index >= 15 is 0 Å². The van der Waals surface area contributed by atoms with Gasteiger partial charge in [-0.2, -0.15) is 0 Å². The van der Waals surface area contributed by atoms with Crippen LogP contribution in [0.1, 0.15) is 37.7 Å². The van der Waals surface area contributed by atoms with Gasteiger partial charge in [0.2, 0.25) is 0 Å². The van der Waals surface area contributed by atoms with Gasteiger partial charge in [-0.25, -0.2) is 10.4 Å². The monoisotopic (exact) mass is 372 g/mol. The zero-order valence-corrected chi connectivity index (χ0v) is 16.5. The van der Waals surface area contributed by atoms with Crippen LogP contribution < -0.4 is 15.6 Å². The minimum Gasteiger partial charge on any atom is -0.497 e. The molecule has 0 saturated carbocycles. The summed E-state index contributed by atoms with van der Waals surface area (Å²) in [5.74, 6) is 2.39. The van der Waals surface area contributed by atoms with Crippen molar-refractivity contribution in [3.8, 4) is 5.75 Å². The standard InChI is InChI=1S/C21H32N4O2/c1-25-12-10-17(11-13-25)21(19-5-3-4-14-27-19)22-20(23-24-21)15-16-6-8-18(26-2)9-7-16/h6-9,17,19,24H,3-5,10-15H2,1-2H3,(H,22,23). The minimum absolute atomic E-state index is 0.153. The molecule has 0 spiro atoms. The highest BCUT2D eigenvalue weighted by Gasteiger charge is 2.50. The molecule has 2 saturated heterocycles. The Balaban J connectivity index is 1.55. The van der Waals surface area contributed by atoms with Crippen molar-refractivity contribution in [3.63, 3.8) is 0 Å². The molecule has 2 unspecified atom stereocenters. The highest BCUT2D eigenvalue weighted by Crippen LogP contribution is 2.38. The normalized spacial score (nSPS) is 30.0. The summed E-state index contributed by atoms with van der Waals surface area (Å²) >= 11 is 0. The molecule has 0 bridgehead atoms. The number of nitrogens with one attached hydrogen (secondary N) is 2. The van der Waals surface area contributed by atoms with Crippen molar-refractivity contribution in [2.24, 2.45) is 10.9 Å². The first-order valence-electron chi connectivity index (χ1n) is 10.2. The Morgan fingerprint density at radius 2 is 1.96 bits per heavy atom. The lowest BCUT2D eigenvalue weighted by molar-refractivity contribution is -0.0701. The first-order chi connectivity index (χ1) is 13.2. The molecule has 0 amide bonds. The number of hydrogen-bond donors (Lipinski definition) is 2. The molecule has 3 aliphatic rings. The third-order valence-corrected chi connectivity index (χ3v) is 6.27. The fourth-order valence-electron chi connectivity index (χ4n) is 4.62. The van der Waals surface area contributed by atoms with Crippen LogP contribution in [0.5, 0.6) is 5.75 Å². The number of piperidine rings is 1. The number of methoxy groups -OCH3 is 1. The molecular weight excluding hydrogens is 340 g/mol. The van der Waals surface area contributed by atoms with Gasteiger partial charge in [0.05, 0.1) is 13.2 Å². The highest BCUT2D eigenvalue weighted by molar-refractivity contribution is 5.86. The van der Waals surface area contributed by atoms with Crippen LogP contribution in [0.3, 0.4) is 0 Å². The van der Waals surface area contributed by atoms with E-state index < -0.39 is 0 Å². The Hall–Kier alpha value is -1.63. The first-order valence-corrected chi connectivity index (χ1v) is 10.2. The van der Waals surface area contributed by atoms with Crippen molar-refractivity contribution < 1.29 is 9.47 Å². The van der Waals surface area contributed by atoms with Crippen LogP contribution in [-0.4, -0.2) is 56.4 Å². The van der Waals surface area contributed by atoms with E-state index in [1.165, 1.54) is 12.0 Å². The Bertz CT molecular complexity index is 649. The topological polar surface area (TPSA) is 58.1 Å². The van der Waals surface area contributed by atoms with E-state index in [1.807, 2.05) is 12.1 Å². The zero-order valence-electron chi connectivity index (χ0n) is 16.5. The molecular formula is C21H32N4O2. The number of likely N-dealkylation sites (tertiary alicyclic amines) is 1. The molecule has 1 aromatic carbocycles. The van der Waals surface area contributed by atoms with Gasteiger partial charge in [0.1, 0.15) is 11.6 Å². The fraction of sp³-hybridized carbons (Fsp3) is 0.667. The van der Waals surface area contributed by atoms with Gasteiger partial charge in [0.15, 0.2) is 5.66 Å². The number of benzene rings is 1. The third-order valence-electron chi connectivity index (χ3n) is 6.27. The molecule has 2 fully saturated rings. The van der Waals surface area contributed by atoms with Gasteiger partial charge < -0.3 is 19.8 Å². The maximum absolute atomic E-state index is 6.23. The van der Waals surface area contributed by atoms with Gasteiger partial charge in [0.25, 0.3) is 0 Å². The molecule has 3 aliphatic heterocycles. The summed E-state index contributed by atoms with van der Waals surface area (Å²) in [5, 5.41) is 0. The SMILES string of the molecule is COc1ccc(CC2=NC(C3CCN(C)CC3)(C3CCCCO3)NN2)cc1. The van der Waals surface area contributed by atoms with Crippen molar-refractivity contribution in [1.82, 2.24) is 15.8 Å². The van der Waals surface area contributed by atoms with E-state index in [-0.39, 0.29) is 11.8 Å². The average molecular weight is 373 g/mol. The van der Waals surface area contributed by atoms with Crippen molar-refractivity contribution in [3.05, 3.63) is 29.8 Å². The van der Waals surface area contributed by atoms with Crippen LogP contribution in [0.2, 0.25) is 0 Å². The Kier molecular flexibility index (Phi) is 5.66. The summed E-state index contributed by atoms with van der Waals surface area (Å²) < 4.78 is 11.5. The number of aliphatic imine (C=N–C) groups is 1. The Labute approximate surface area is 162 Å². The minimum atomic E-state index is -0.330. The number of hydrazine groups is 1. The third kappa shape index (κ3) is 3.98. The summed E-state index contributed by atoms with van der Waals surface area (Å²) in [6.45, 7) is 3.11. The number of hydrogen-bond acceptors (Lipinski definition) is 6. The zero-order chi connectivity index (χ0) is 18.7. The average Bonchev–Trinajstić information content (AvgIpc) is 3.15. The van der Waals surface area contributed by atoms with Gasteiger partial charge >= 0.3 is 0 Å². The first kappa shape index (κ1) is 18.7. The van der Waals surface area contributed by atoms with Crippen molar-refractivity contribution >= 4 is 5.84 Å². The molecule has 6 heteroatoms. The second-order valence-electron chi connectivity index (χ2n) is 8.09. The number of ether oxygens (including phenoxy) is 2. The van der Waals surface area contributed by atoms with E-state index in [0.717, 1.165) is 63.4 Å². The van der Waals surface area contributed by atoms with Gasteiger partial charge in [-0.05, 0) is 69.9 Å². The summed E-state index contributed by atoms with van der Waals surface area (Å²) in [5.41, 5.74) is 7.90. The van der Waals surface area contributed by atoms with Crippen LogP contribution in [0.15, 0.2) is 29.3 Å². The molecule has 0 aromatic heterocycles. The largest absolute Gasteiger partial charge is 0.497 e. The molecule has 2 atom stereocenters. The molecule has 1 aromatic rings. The number of amidine groups is 1. The quantitative estimate of drug-likeness (QED) is 0.831. The van der Waals surface area contributed by atoms with Crippen molar-refractivity contribution in [2.45, 2.75) is 50.3 Å². The molecule has 27 heavy (non-hydrogen) atoms. The second-order valence-corrected chi connectivity index (χ2v) is 8.09. The van der Waals surface area contributed by atoms with Gasteiger partial charge in [0, 0.05) is 18.9 Å². The Morgan fingerprint density at radius 1 is 1.19 bits per heavy atom. The van der Waals surface area contributed by atoms with Crippen LogP contribution in [0.4, 0.5) is 0 Å². The molecule has 0 radical (unpaired) electrons. The van der Waals surface area contributed by atoms with E-state index in [1.54, 1.807) is 7.11 Å². The summed E-state index contributed by atoms with van der Waals surface area (Å²) in [4.78, 5) is 7.66. The number of rotatable bonds is 5. The predicted molar refractivity (Wildman–Crippen MR) is 107 cm³/mol. The molecule has 3 heterocycles. The molecule has 0 aliphatic carbocycles. The predicted octanol–water partition coefficient (Wildman–Crippen LogP) is 2.35. The highest BCUT2D eigenvalue weighted by atomic mass is 16.5. The van der Waals surface area contributed by atoms with Gasteiger partial charge in [-0.1, -0.05) is 12.1 Å². The lowest BCUT2D eigenvalue weighted by Gasteiger charge is -2.44. The summed E-state index contributed by atoms with van der Waals surface area (Å²) in [6, 6.07) is 8.23. The lowest BCUT2D eigenvalue weighted by atomic mass is 9.79. The van der Waals surface area contributed by atoms with E-state index in [2.05, 4.69) is 34.9 Å². The van der Waals surface area contributed by atoms with E-state index in [4.69, 9.17) is 14.5 Å². The Morgan fingerprint density at radius 3 is 2.63 bits per heavy atom. The van der Waals surface area contributed by atoms with Crippen LogP contribution in [-0.2, 0) is 11.2 Å². The number of nitrogens with zero attached hydrogens (tertiary/aromatic N) is 2. The van der Waals surface area contributed by atoms with Crippen LogP contribution >= 0.6 is 0 Å². The fourth-order valence-corrected chi connectivity index (χ4v) is 4.62. The molecule has 148 valence electrons. The van der Waals surface area contributed by atoms with Crippen LogP contribution in [0.25, 0.3) is 0 Å². The maximum atomic E-state index is 6.23. The van der Waals surface area contributed by atoms with Gasteiger partial charge in [-0.15, -0.1) is 0 Å². The summed E-state index contributed by atoms with van der Waals surface area (Å²) in [7, 11) is 3.90. The summed E-state index contributed by atoms with van der Waals surface area (Å²) in [6.07, 6.45) is 6.73. The van der Waals surface area contributed by atoms with Crippen molar-refractivity contribution in [2.75, 3.05) is 33.9 Å². The van der Waals surface area contributed by atoms with E-state index in [0.29, 0.717) is 5.92 Å². The smallest absolute Gasteiger partial charge is 0.158 e. The van der Waals surface area contributed by atoms with Crippen LogP contribution in [0, 0.1) is 5.92 Å². The maximum Gasteiger partial charge on any atom is 0.158 e. The molecule has 4 rings (SSSR count). The van der Waals surface area contributed by atoms with Crippen molar-refractivity contribution in [1.29, 1.82) is 0 Å². The lowest BCUT2D eigenvalue weighted by Crippen LogP contribution is -2.61. The van der Waals surface area contributed by atoms with E-state index in [9.17, 15) is 0 Å². The van der Waals surface area contributed by atoms with Gasteiger partial charge in [-0.3, -0.25) is 0 Å². The molecule has 6 nitrogen and oxygen atoms in total. The molecule has 2 N–H and O–H groups in total. The second kappa shape index (κ2) is 8.17.